The lowest BCUT2D eigenvalue weighted by molar-refractivity contribution is -0.149. The van der Waals surface area contributed by atoms with Gasteiger partial charge < -0.3 is 9.26 Å². The molecule has 168 valence electrons. The van der Waals surface area contributed by atoms with Gasteiger partial charge in [0.1, 0.15) is 0 Å². The van der Waals surface area contributed by atoms with Crippen LogP contribution in [0.3, 0.4) is 0 Å². The second-order valence-corrected chi connectivity index (χ2v) is 9.71. The lowest BCUT2D eigenvalue weighted by Crippen LogP contribution is -2.42. The van der Waals surface area contributed by atoms with Crippen LogP contribution in [0.2, 0.25) is 0 Å². The summed E-state index contributed by atoms with van der Waals surface area (Å²) in [6.07, 6.45) is 1.22. The van der Waals surface area contributed by atoms with Gasteiger partial charge in [0.25, 0.3) is 5.89 Å². The molecule has 0 amide bonds. The number of carbonyl (C=O) groups is 1. The van der Waals surface area contributed by atoms with E-state index in [9.17, 15) is 13.2 Å². The first-order chi connectivity index (χ1) is 15.4. The molecule has 1 saturated heterocycles. The molecule has 1 aliphatic heterocycles. The number of nitrogens with zero attached hydrogens (tertiary/aromatic N) is 3. The highest BCUT2D eigenvalue weighted by Gasteiger charge is 2.34. The third-order valence-electron chi connectivity index (χ3n) is 5.46. The smallest absolute Gasteiger partial charge is 0.310 e. The Bertz CT molecular complexity index is 1200. The summed E-state index contributed by atoms with van der Waals surface area (Å²) in [6.45, 7) is 4.49. The molecule has 2 aromatic carbocycles. The molecule has 4 rings (SSSR count). The number of esters is 1. The van der Waals surface area contributed by atoms with Crippen LogP contribution in [0.4, 0.5) is 0 Å². The number of piperidine rings is 1. The van der Waals surface area contributed by atoms with Crippen LogP contribution in [0, 0.1) is 12.8 Å². The number of carbonyl (C=O) groups excluding carboxylic acids is 1. The molecule has 32 heavy (non-hydrogen) atoms. The molecule has 3 aromatic rings. The van der Waals surface area contributed by atoms with E-state index in [-0.39, 0.29) is 29.9 Å². The number of benzene rings is 2. The molecule has 0 N–H and O–H groups in total. The Hall–Kier alpha value is -3.04. The number of aryl methyl sites for hydroxylation is 1. The summed E-state index contributed by atoms with van der Waals surface area (Å²) in [4.78, 5) is 16.7. The highest BCUT2D eigenvalue weighted by Crippen LogP contribution is 2.28. The first-order valence-electron chi connectivity index (χ1n) is 10.6. The number of rotatable bonds is 6. The molecular formula is C23H25N3O5S. The van der Waals surface area contributed by atoms with Crippen LogP contribution in [0.1, 0.15) is 25.3 Å². The Morgan fingerprint density at radius 2 is 1.97 bits per heavy atom. The predicted octanol–water partition coefficient (Wildman–Crippen LogP) is 3.68. The first kappa shape index (κ1) is 22.2. The SMILES string of the molecule is CCOC(=O)C1CCCN(S(=O)(=O)c2cccc(-c3nc(-c4ccc(C)cc4)no3)c2)C1. The molecule has 9 heteroatoms. The van der Waals surface area contributed by atoms with E-state index < -0.39 is 15.9 Å². The minimum atomic E-state index is -3.79. The molecule has 1 fully saturated rings. The monoisotopic (exact) mass is 455 g/mol. The maximum Gasteiger partial charge on any atom is 0.310 e. The fourth-order valence-corrected chi connectivity index (χ4v) is 5.28. The normalized spacial score (nSPS) is 17.2. The summed E-state index contributed by atoms with van der Waals surface area (Å²) < 4.78 is 38.4. The van der Waals surface area contributed by atoms with Gasteiger partial charge in [0.15, 0.2) is 0 Å². The van der Waals surface area contributed by atoms with Crippen molar-refractivity contribution in [1.82, 2.24) is 14.4 Å². The summed E-state index contributed by atoms with van der Waals surface area (Å²) in [5, 5.41) is 4.02. The van der Waals surface area contributed by atoms with Crippen LogP contribution < -0.4 is 0 Å². The lowest BCUT2D eigenvalue weighted by Gasteiger charge is -2.30. The van der Waals surface area contributed by atoms with E-state index in [1.165, 1.54) is 16.4 Å². The Balaban J connectivity index is 1.57. The Morgan fingerprint density at radius 1 is 1.19 bits per heavy atom. The number of hydrogen-bond acceptors (Lipinski definition) is 7. The van der Waals surface area contributed by atoms with Gasteiger partial charge in [-0.1, -0.05) is 41.1 Å². The van der Waals surface area contributed by atoms with Gasteiger partial charge in [0, 0.05) is 24.2 Å². The van der Waals surface area contributed by atoms with E-state index >= 15 is 0 Å². The third kappa shape index (κ3) is 4.58. The van der Waals surface area contributed by atoms with Gasteiger partial charge in [-0.25, -0.2) is 8.42 Å². The van der Waals surface area contributed by atoms with Gasteiger partial charge in [-0.15, -0.1) is 0 Å². The summed E-state index contributed by atoms with van der Waals surface area (Å²) >= 11 is 0. The van der Waals surface area contributed by atoms with Gasteiger partial charge >= 0.3 is 5.97 Å². The maximum atomic E-state index is 13.3. The van der Waals surface area contributed by atoms with Crippen LogP contribution in [0.5, 0.6) is 0 Å². The van der Waals surface area contributed by atoms with E-state index in [2.05, 4.69) is 10.1 Å². The van der Waals surface area contributed by atoms with E-state index in [1.807, 2.05) is 31.2 Å². The van der Waals surface area contributed by atoms with Crippen molar-refractivity contribution in [2.45, 2.75) is 31.6 Å². The quantitative estimate of drug-likeness (QED) is 0.523. The molecule has 0 bridgehead atoms. The zero-order valence-electron chi connectivity index (χ0n) is 18.0. The van der Waals surface area contributed by atoms with Crippen molar-refractivity contribution >= 4 is 16.0 Å². The molecule has 1 atom stereocenters. The van der Waals surface area contributed by atoms with Crippen molar-refractivity contribution in [2.75, 3.05) is 19.7 Å². The van der Waals surface area contributed by atoms with Crippen LogP contribution >= 0.6 is 0 Å². The average molecular weight is 456 g/mol. The van der Waals surface area contributed by atoms with Crippen molar-refractivity contribution < 1.29 is 22.5 Å². The maximum absolute atomic E-state index is 13.3. The topological polar surface area (TPSA) is 103 Å². The summed E-state index contributed by atoms with van der Waals surface area (Å²) in [5.41, 5.74) is 2.45. The van der Waals surface area contributed by atoms with Gasteiger partial charge in [0.2, 0.25) is 15.8 Å². The van der Waals surface area contributed by atoms with Crippen molar-refractivity contribution in [3.05, 3.63) is 54.1 Å². The van der Waals surface area contributed by atoms with E-state index in [1.54, 1.807) is 19.1 Å². The Labute approximate surface area is 187 Å². The molecule has 8 nitrogen and oxygen atoms in total. The summed E-state index contributed by atoms with van der Waals surface area (Å²) in [7, 11) is -3.79. The van der Waals surface area contributed by atoms with Crippen LogP contribution in [-0.4, -0.2) is 48.5 Å². The highest BCUT2D eigenvalue weighted by molar-refractivity contribution is 7.89. The fourth-order valence-electron chi connectivity index (χ4n) is 3.71. The van der Waals surface area contributed by atoms with Gasteiger partial charge in [-0.05, 0) is 44.9 Å². The van der Waals surface area contributed by atoms with Crippen LogP contribution in [-0.2, 0) is 19.6 Å². The Morgan fingerprint density at radius 3 is 2.72 bits per heavy atom. The minimum Gasteiger partial charge on any atom is -0.466 e. The average Bonchev–Trinajstić information content (AvgIpc) is 3.30. The molecule has 0 spiro atoms. The second-order valence-electron chi connectivity index (χ2n) is 7.77. The van der Waals surface area contributed by atoms with E-state index in [4.69, 9.17) is 9.26 Å². The first-order valence-corrected chi connectivity index (χ1v) is 12.0. The molecule has 1 aliphatic rings. The molecule has 0 aliphatic carbocycles. The largest absolute Gasteiger partial charge is 0.466 e. The van der Waals surface area contributed by atoms with Crippen molar-refractivity contribution in [2.24, 2.45) is 5.92 Å². The molecule has 1 unspecified atom stereocenters. The van der Waals surface area contributed by atoms with Crippen molar-refractivity contribution in [3.63, 3.8) is 0 Å². The second kappa shape index (κ2) is 9.22. The number of aromatic nitrogens is 2. The number of hydrogen-bond donors (Lipinski definition) is 0. The molecule has 1 aromatic heterocycles. The van der Waals surface area contributed by atoms with Crippen molar-refractivity contribution in [3.8, 4) is 22.8 Å². The molecule has 0 radical (unpaired) electrons. The lowest BCUT2D eigenvalue weighted by atomic mass is 10.0. The predicted molar refractivity (Wildman–Crippen MR) is 118 cm³/mol. The van der Waals surface area contributed by atoms with Gasteiger partial charge in [-0.3, -0.25) is 4.79 Å². The number of ether oxygens (including phenoxy) is 1. The van der Waals surface area contributed by atoms with E-state index in [0.29, 0.717) is 30.8 Å². The Kier molecular flexibility index (Phi) is 6.38. The standard InChI is InChI=1S/C23H25N3O5S/c1-3-30-23(27)19-7-5-13-26(15-19)32(28,29)20-8-4-6-18(14-20)22-24-21(25-31-22)17-11-9-16(2)10-12-17/h4,6,8-12,14,19H,3,5,7,13,15H2,1-2H3. The fraction of sp³-hybridized carbons (Fsp3) is 0.348. The summed E-state index contributed by atoms with van der Waals surface area (Å²) in [5.74, 6) is -0.132. The van der Waals surface area contributed by atoms with Gasteiger partial charge in [-0.2, -0.15) is 9.29 Å². The zero-order chi connectivity index (χ0) is 22.7. The third-order valence-corrected chi connectivity index (χ3v) is 7.32. The highest BCUT2D eigenvalue weighted by atomic mass is 32.2. The zero-order valence-corrected chi connectivity index (χ0v) is 18.8. The summed E-state index contributed by atoms with van der Waals surface area (Å²) in [6, 6.07) is 14.2. The van der Waals surface area contributed by atoms with Crippen molar-refractivity contribution in [1.29, 1.82) is 0 Å². The van der Waals surface area contributed by atoms with Gasteiger partial charge in [0.05, 0.1) is 17.4 Å². The molecule has 2 heterocycles. The molecule has 0 saturated carbocycles. The van der Waals surface area contributed by atoms with Crippen LogP contribution in [0.25, 0.3) is 22.8 Å². The minimum absolute atomic E-state index is 0.115. The molecular weight excluding hydrogens is 430 g/mol. The van der Waals surface area contributed by atoms with E-state index in [0.717, 1.165) is 11.1 Å². The number of sulfonamides is 1. The van der Waals surface area contributed by atoms with Crippen LogP contribution in [0.15, 0.2) is 57.9 Å².